The molecular formula is C8H13ClN4O. The summed E-state index contributed by atoms with van der Waals surface area (Å²) in [5.74, 6) is 0.478. The largest absolute Gasteiger partial charge is 0.466 e. The average Bonchev–Trinajstić information content (AvgIpc) is 2.06. The summed E-state index contributed by atoms with van der Waals surface area (Å²) < 4.78 is 4.84. The van der Waals surface area contributed by atoms with Gasteiger partial charge in [-0.25, -0.2) is 0 Å². The van der Waals surface area contributed by atoms with Crippen molar-refractivity contribution >= 4 is 17.4 Å². The lowest BCUT2D eigenvalue weighted by molar-refractivity contribution is 0.373. The van der Waals surface area contributed by atoms with E-state index in [1.54, 1.807) is 0 Å². The summed E-state index contributed by atoms with van der Waals surface area (Å²) in [5, 5.41) is 10.7. The molecule has 0 aromatic carbocycles. The maximum Gasteiger partial charge on any atom is 0.337 e. The second-order valence-corrected chi connectivity index (χ2v) is 4.17. The molecule has 0 aliphatic carbocycles. The zero-order valence-electron chi connectivity index (χ0n) is 8.63. The van der Waals surface area contributed by atoms with Crippen LogP contribution in [-0.4, -0.2) is 27.8 Å². The number of halogens is 1. The summed E-state index contributed by atoms with van der Waals surface area (Å²) in [6, 6.07) is 0.196. The van der Waals surface area contributed by atoms with Crippen molar-refractivity contribution in [3.63, 3.8) is 0 Å². The van der Waals surface area contributed by atoms with E-state index in [-0.39, 0.29) is 16.7 Å². The fraction of sp³-hybridized carbons (Fsp3) is 0.625. The highest BCUT2D eigenvalue weighted by atomic mass is 35.5. The number of hydrogen-bond acceptors (Lipinski definition) is 5. The highest BCUT2D eigenvalue weighted by molar-refractivity contribution is 6.31. The van der Waals surface area contributed by atoms with Crippen LogP contribution in [0.3, 0.4) is 0 Å². The molecule has 6 heteroatoms. The van der Waals surface area contributed by atoms with E-state index in [0.717, 1.165) is 0 Å². The molecule has 0 bridgehead atoms. The predicted molar refractivity (Wildman–Crippen MR) is 54.8 cm³/mol. The Kier molecular flexibility index (Phi) is 3.10. The van der Waals surface area contributed by atoms with Crippen molar-refractivity contribution in [3.8, 4) is 6.01 Å². The van der Waals surface area contributed by atoms with Gasteiger partial charge in [0, 0.05) is 5.54 Å². The van der Waals surface area contributed by atoms with Crippen molar-refractivity contribution in [2.75, 3.05) is 12.4 Å². The molecule has 14 heavy (non-hydrogen) atoms. The third kappa shape index (κ3) is 2.99. The first kappa shape index (κ1) is 11.0. The van der Waals surface area contributed by atoms with Gasteiger partial charge in [0.15, 0.2) is 11.0 Å². The summed E-state index contributed by atoms with van der Waals surface area (Å²) in [6.07, 6.45) is 0. The fourth-order valence-electron chi connectivity index (χ4n) is 0.819. The summed E-state index contributed by atoms with van der Waals surface area (Å²) in [4.78, 5) is 4.04. The molecule has 0 saturated heterocycles. The number of anilines is 1. The highest BCUT2D eigenvalue weighted by Gasteiger charge is 2.14. The molecule has 0 fully saturated rings. The van der Waals surface area contributed by atoms with Crippen molar-refractivity contribution in [2.24, 2.45) is 0 Å². The monoisotopic (exact) mass is 216 g/mol. The minimum absolute atomic E-state index is 0.134. The van der Waals surface area contributed by atoms with Crippen LogP contribution in [-0.2, 0) is 0 Å². The van der Waals surface area contributed by atoms with Crippen molar-refractivity contribution in [1.29, 1.82) is 0 Å². The highest BCUT2D eigenvalue weighted by Crippen LogP contribution is 2.20. The van der Waals surface area contributed by atoms with Gasteiger partial charge in [-0.2, -0.15) is 4.98 Å². The molecule has 0 aliphatic rings. The zero-order chi connectivity index (χ0) is 10.8. The number of ether oxygens (including phenoxy) is 1. The lowest BCUT2D eigenvalue weighted by Gasteiger charge is -2.21. The number of hydrogen-bond donors (Lipinski definition) is 1. The van der Waals surface area contributed by atoms with Crippen LogP contribution in [0.25, 0.3) is 0 Å². The van der Waals surface area contributed by atoms with Crippen LogP contribution in [0.1, 0.15) is 20.8 Å². The van der Waals surface area contributed by atoms with Crippen LogP contribution < -0.4 is 10.1 Å². The van der Waals surface area contributed by atoms with E-state index in [4.69, 9.17) is 16.3 Å². The van der Waals surface area contributed by atoms with Crippen LogP contribution in [0, 0.1) is 0 Å². The van der Waals surface area contributed by atoms with Crippen molar-refractivity contribution < 1.29 is 4.74 Å². The molecule has 5 nitrogen and oxygen atoms in total. The van der Waals surface area contributed by atoms with Gasteiger partial charge in [0.1, 0.15) is 0 Å². The summed E-state index contributed by atoms with van der Waals surface area (Å²) in [7, 11) is 1.48. The summed E-state index contributed by atoms with van der Waals surface area (Å²) in [5.41, 5.74) is -0.134. The summed E-state index contributed by atoms with van der Waals surface area (Å²) in [6.45, 7) is 5.99. The van der Waals surface area contributed by atoms with Crippen molar-refractivity contribution in [3.05, 3.63) is 5.15 Å². The van der Waals surface area contributed by atoms with Gasteiger partial charge in [-0.3, -0.25) is 0 Å². The van der Waals surface area contributed by atoms with Gasteiger partial charge in [-0.05, 0) is 20.8 Å². The van der Waals surface area contributed by atoms with Crippen LogP contribution >= 0.6 is 11.6 Å². The molecule has 0 spiro atoms. The molecule has 0 aliphatic heterocycles. The molecule has 0 unspecified atom stereocenters. The number of methoxy groups -OCH3 is 1. The van der Waals surface area contributed by atoms with E-state index in [2.05, 4.69) is 20.5 Å². The maximum atomic E-state index is 5.81. The Morgan fingerprint density at radius 1 is 1.29 bits per heavy atom. The van der Waals surface area contributed by atoms with Crippen LogP contribution in [0.2, 0.25) is 5.15 Å². The molecule has 1 aromatic heterocycles. The minimum atomic E-state index is -0.134. The van der Waals surface area contributed by atoms with Gasteiger partial charge in [-0.15, -0.1) is 5.10 Å². The molecule has 78 valence electrons. The first-order valence-corrected chi connectivity index (χ1v) is 4.52. The normalized spacial score (nSPS) is 11.2. The Hall–Kier alpha value is -1.10. The van der Waals surface area contributed by atoms with Crippen LogP contribution in [0.4, 0.5) is 5.82 Å². The molecule has 0 atom stereocenters. The molecule has 1 rings (SSSR count). The Morgan fingerprint density at radius 2 is 1.93 bits per heavy atom. The third-order valence-electron chi connectivity index (χ3n) is 1.30. The van der Waals surface area contributed by atoms with Gasteiger partial charge < -0.3 is 10.1 Å². The fourth-order valence-corrected chi connectivity index (χ4v) is 0.947. The number of rotatable bonds is 2. The predicted octanol–water partition coefficient (Wildman–Crippen LogP) is 1.74. The molecular weight excluding hydrogens is 204 g/mol. The van der Waals surface area contributed by atoms with Crippen LogP contribution in [0.5, 0.6) is 6.01 Å². The lowest BCUT2D eigenvalue weighted by atomic mass is 10.1. The van der Waals surface area contributed by atoms with E-state index in [9.17, 15) is 0 Å². The van der Waals surface area contributed by atoms with E-state index < -0.39 is 0 Å². The van der Waals surface area contributed by atoms with Gasteiger partial charge in [-0.1, -0.05) is 16.7 Å². The lowest BCUT2D eigenvalue weighted by Crippen LogP contribution is -2.27. The topological polar surface area (TPSA) is 59.9 Å². The SMILES string of the molecule is COc1nnc(Cl)c(NC(C)(C)C)n1. The Morgan fingerprint density at radius 3 is 2.43 bits per heavy atom. The first-order chi connectivity index (χ1) is 6.42. The number of aromatic nitrogens is 3. The quantitative estimate of drug-likeness (QED) is 0.816. The van der Waals surface area contributed by atoms with E-state index in [1.807, 2.05) is 20.8 Å². The number of nitrogens with zero attached hydrogens (tertiary/aromatic N) is 3. The van der Waals surface area contributed by atoms with Crippen molar-refractivity contribution in [1.82, 2.24) is 15.2 Å². The van der Waals surface area contributed by atoms with Gasteiger partial charge in [0.25, 0.3) is 0 Å². The van der Waals surface area contributed by atoms with Gasteiger partial charge >= 0.3 is 6.01 Å². The van der Waals surface area contributed by atoms with Gasteiger partial charge in [0.2, 0.25) is 0 Å². The second kappa shape index (κ2) is 3.96. The van der Waals surface area contributed by atoms with Gasteiger partial charge in [0.05, 0.1) is 7.11 Å². The van der Waals surface area contributed by atoms with Crippen LogP contribution in [0.15, 0.2) is 0 Å². The molecule has 1 N–H and O–H groups in total. The average molecular weight is 217 g/mol. The number of nitrogens with one attached hydrogen (secondary N) is 1. The molecule has 0 saturated carbocycles. The second-order valence-electron chi connectivity index (χ2n) is 3.81. The van der Waals surface area contributed by atoms with Crippen molar-refractivity contribution in [2.45, 2.75) is 26.3 Å². The Bertz CT molecular complexity index is 324. The smallest absolute Gasteiger partial charge is 0.337 e. The molecule has 1 heterocycles. The van der Waals surface area contributed by atoms with E-state index in [1.165, 1.54) is 7.11 Å². The Labute approximate surface area is 87.9 Å². The zero-order valence-corrected chi connectivity index (χ0v) is 9.38. The molecule has 0 amide bonds. The standard InChI is InChI=1S/C8H13ClN4O/c1-8(2,3)11-6-5(9)12-13-7(10-6)14-4/h1-4H3,(H,10,11,13). The summed E-state index contributed by atoms with van der Waals surface area (Å²) >= 11 is 5.81. The van der Waals surface area contributed by atoms with E-state index >= 15 is 0 Å². The first-order valence-electron chi connectivity index (χ1n) is 4.15. The Balaban J connectivity index is 2.95. The maximum absolute atomic E-state index is 5.81. The van der Waals surface area contributed by atoms with E-state index in [0.29, 0.717) is 5.82 Å². The minimum Gasteiger partial charge on any atom is -0.466 e. The molecule has 0 radical (unpaired) electrons. The molecule has 1 aromatic rings. The third-order valence-corrected chi connectivity index (χ3v) is 1.56.